The molecule has 1 nitrogen and oxygen atoms in total. The lowest BCUT2D eigenvalue weighted by Crippen LogP contribution is -1.92. The van der Waals surface area contributed by atoms with Crippen molar-refractivity contribution in [1.29, 1.82) is 0 Å². The van der Waals surface area contributed by atoms with Crippen LogP contribution in [0.4, 0.5) is 0 Å². The zero-order chi connectivity index (χ0) is 32.3. The largest absolute Gasteiger partial charge is 0.456 e. The van der Waals surface area contributed by atoms with Crippen LogP contribution < -0.4 is 0 Å². The molecule has 10 rings (SSSR count). The van der Waals surface area contributed by atoms with Crippen LogP contribution in [0, 0.1) is 0 Å². The molecule has 228 valence electrons. The van der Waals surface area contributed by atoms with Crippen LogP contribution in [-0.4, -0.2) is 0 Å². The number of benzene rings is 9. The predicted molar refractivity (Wildman–Crippen MR) is 208 cm³/mol. The van der Waals surface area contributed by atoms with Crippen molar-refractivity contribution in [2.24, 2.45) is 0 Å². The first-order chi connectivity index (χ1) is 24.3. The van der Waals surface area contributed by atoms with Gasteiger partial charge in [0.1, 0.15) is 11.2 Å². The van der Waals surface area contributed by atoms with Gasteiger partial charge in [-0.25, -0.2) is 0 Å². The zero-order valence-corrected chi connectivity index (χ0v) is 26.7. The van der Waals surface area contributed by atoms with E-state index in [1.54, 1.807) is 0 Å². The van der Waals surface area contributed by atoms with Crippen LogP contribution in [0.5, 0.6) is 0 Å². The first-order valence-corrected chi connectivity index (χ1v) is 16.8. The van der Waals surface area contributed by atoms with E-state index in [0.29, 0.717) is 0 Å². The molecule has 1 heteroatoms. The summed E-state index contributed by atoms with van der Waals surface area (Å²) in [5.74, 6) is 0. The van der Waals surface area contributed by atoms with E-state index in [4.69, 9.17) is 4.42 Å². The molecule has 0 saturated carbocycles. The van der Waals surface area contributed by atoms with E-state index in [9.17, 15) is 0 Å². The molecule has 0 aliphatic rings. The van der Waals surface area contributed by atoms with Gasteiger partial charge in [0.15, 0.2) is 0 Å². The fourth-order valence-electron chi connectivity index (χ4n) is 7.78. The highest BCUT2D eigenvalue weighted by molar-refractivity contribution is 6.22. The minimum Gasteiger partial charge on any atom is -0.456 e. The molecular weight excluding hydrogens is 593 g/mol. The Hall–Kier alpha value is -6.44. The molecule has 49 heavy (non-hydrogen) atoms. The van der Waals surface area contributed by atoms with Crippen molar-refractivity contribution in [1.82, 2.24) is 0 Å². The number of furan rings is 1. The van der Waals surface area contributed by atoms with E-state index in [-0.39, 0.29) is 0 Å². The lowest BCUT2D eigenvalue weighted by Gasteiger charge is -2.19. The van der Waals surface area contributed by atoms with Crippen LogP contribution in [0.3, 0.4) is 0 Å². The van der Waals surface area contributed by atoms with Gasteiger partial charge in [-0.05, 0) is 101 Å². The molecule has 0 N–H and O–H groups in total. The highest BCUT2D eigenvalue weighted by Crippen LogP contribution is 2.45. The molecule has 0 bridgehead atoms. The SMILES string of the molecule is c1ccc(-c2c3ccccc3c(-c3ccc(-c4ccc5oc6ccccc6c5c4)cc3)c3cc(-c4cccc5ccccc45)ccc23)cc1. The molecule has 1 heterocycles. The van der Waals surface area contributed by atoms with Crippen LogP contribution in [0.2, 0.25) is 0 Å². The Labute approximate surface area is 284 Å². The lowest BCUT2D eigenvalue weighted by molar-refractivity contribution is 0.669. The van der Waals surface area contributed by atoms with Gasteiger partial charge in [0.2, 0.25) is 0 Å². The Morgan fingerprint density at radius 2 is 0.796 bits per heavy atom. The number of rotatable bonds is 4. The number of para-hydroxylation sites is 1. The summed E-state index contributed by atoms with van der Waals surface area (Å²) in [6.07, 6.45) is 0. The van der Waals surface area contributed by atoms with Gasteiger partial charge in [0, 0.05) is 10.8 Å². The van der Waals surface area contributed by atoms with Gasteiger partial charge in [-0.1, -0.05) is 158 Å². The number of fused-ring (bicyclic) bond motifs is 6. The van der Waals surface area contributed by atoms with Crippen molar-refractivity contribution in [2.45, 2.75) is 0 Å². The minimum atomic E-state index is 0.917. The monoisotopic (exact) mass is 622 g/mol. The first-order valence-electron chi connectivity index (χ1n) is 16.8. The molecule has 0 unspecified atom stereocenters. The summed E-state index contributed by atoms with van der Waals surface area (Å²) in [6, 6.07) is 65.9. The highest BCUT2D eigenvalue weighted by atomic mass is 16.3. The van der Waals surface area contributed by atoms with Crippen LogP contribution in [0.15, 0.2) is 186 Å². The van der Waals surface area contributed by atoms with E-state index in [1.807, 2.05) is 12.1 Å². The van der Waals surface area contributed by atoms with Crippen LogP contribution in [0.25, 0.3) is 98.8 Å². The molecule has 0 spiro atoms. The third kappa shape index (κ3) is 4.47. The van der Waals surface area contributed by atoms with Gasteiger partial charge in [0.05, 0.1) is 0 Å². The average molecular weight is 623 g/mol. The first kappa shape index (κ1) is 27.7. The Morgan fingerprint density at radius 3 is 1.61 bits per heavy atom. The van der Waals surface area contributed by atoms with Crippen LogP contribution in [-0.2, 0) is 0 Å². The second-order valence-electron chi connectivity index (χ2n) is 12.8. The fourth-order valence-corrected chi connectivity index (χ4v) is 7.78. The topological polar surface area (TPSA) is 13.1 Å². The molecule has 0 atom stereocenters. The predicted octanol–water partition coefficient (Wildman–Crippen LogP) is 13.7. The summed E-state index contributed by atoms with van der Waals surface area (Å²) < 4.78 is 6.11. The number of hydrogen-bond acceptors (Lipinski definition) is 1. The third-order valence-corrected chi connectivity index (χ3v) is 10.1. The lowest BCUT2D eigenvalue weighted by atomic mass is 9.84. The molecule has 0 radical (unpaired) electrons. The zero-order valence-electron chi connectivity index (χ0n) is 26.7. The van der Waals surface area contributed by atoms with Crippen molar-refractivity contribution in [3.05, 3.63) is 182 Å². The Bertz CT molecular complexity index is 2850. The maximum atomic E-state index is 6.11. The quantitative estimate of drug-likeness (QED) is 0.178. The molecule has 9 aromatic carbocycles. The summed E-state index contributed by atoms with van der Waals surface area (Å²) in [6.45, 7) is 0. The molecule has 0 saturated heterocycles. The standard InChI is InChI=1S/C48H30O/c1-2-12-33(13-3-1)47-40-17-6-7-18-41(40)48(44-30-36(25-27-42(44)47)38-19-10-14-32-11-4-5-15-37(32)38)34-23-21-31(22-24-34)35-26-28-46-43(29-35)39-16-8-9-20-45(39)49-46/h1-30H. The second kappa shape index (κ2) is 11.1. The molecule has 0 aliphatic carbocycles. The van der Waals surface area contributed by atoms with Gasteiger partial charge in [-0.2, -0.15) is 0 Å². The third-order valence-electron chi connectivity index (χ3n) is 10.1. The van der Waals surface area contributed by atoms with Gasteiger partial charge >= 0.3 is 0 Å². The summed E-state index contributed by atoms with van der Waals surface area (Å²) in [5.41, 5.74) is 11.6. The Morgan fingerprint density at radius 1 is 0.265 bits per heavy atom. The molecule has 10 aromatic rings. The molecule has 1 aromatic heterocycles. The maximum absolute atomic E-state index is 6.11. The summed E-state index contributed by atoms with van der Waals surface area (Å²) in [5, 5.41) is 9.83. The van der Waals surface area contributed by atoms with Crippen molar-refractivity contribution in [3.8, 4) is 44.5 Å². The minimum absolute atomic E-state index is 0.917. The fraction of sp³-hybridized carbons (Fsp3) is 0. The van der Waals surface area contributed by atoms with Crippen molar-refractivity contribution >= 4 is 54.3 Å². The molecule has 0 aliphatic heterocycles. The molecule has 0 amide bonds. The number of hydrogen-bond donors (Lipinski definition) is 0. The van der Waals surface area contributed by atoms with Crippen molar-refractivity contribution in [2.75, 3.05) is 0 Å². The highest BCUT2D eigenvalue weighted by Gasteiger charge is 2.18. The van der Waals surface area contributed by atoms with E-state index < -0.39 is 0 Å². The van der Waals surface area contributed by atoms with Crippen LogP contribution in [0.1, 0.15) is 0 Å². The summed E-state index contributed by atoms with van der Waals surface area (Å²) >= 11 is 0. The Kier molecular flexibility index (Phi) is 6.25. The maximum Gasteiger partial charge on any atom is 0.135 e. The van der Waals surface area contributed by atoms with Gasteiger partial charge < -0.3 is 4.42 Å². The Balaban J connectivity index is 1.21. The van der Waals surface area contributed by atoms with E-state index in [1.165, 1.54) is 76.8 Å². The van der Waals surface area contributed by atoms with Crippen LogP contribution >= 0.6 is 0 Å². The van der Waals surface area contributed by atoms with Gasteiger partial charge in [-0.3, -0.25) is 0 Å². The van der Waals surface area contributed by atoms with Crippen molar-refractivity contribution < 1.29 is 4.42 Å². The molecular formula is C48H30O. The second-order valence-corrected chi connectivity index (χ2v) is 12.8. The van der Waals surface area contributed by atoms with E-state index >= 15 is 0 Å². The summed E-state index contributed by atoms with van der Waals surface area (Å²) in [4.78, 5) is 0. The normalized spacial score (nSPS) is 11.7. The van der Waals surface area contributed by atoms with E-state index in [2.05, 4.69) is 170 Å². The van der Waals surface area contributed by atoms with Crippen molar-refractivity contribution in [3.63, 3.8) is 0 Å². The van der Waals surface area contributed by atoms with Gasteiger partial charge in [-0.15, -0.1) is 0 Å². The summed E-state index contributed by atoms with van der Waals surface area (Å²) in [7, 11) is 0. The average Bonchev–Trinajstić information content (AvgIpc) is 3.55. The molecule has 0 fully saturated rings. The van der Waals surface area contributed by atoms with Gasteiger partial charge in [0.25, 0.3) is 0 Å². The van der Waals surface area contributed by atoms with E-state index in [0.717, 1.165) is 21.9 Å². The smallest absolute Gasteiger partial charge is 0.135 e.